The number of carbonyl (C=O) groups is 2. The third-order valence-electron chi connectivity index (χ3n) is 5.19. The van der Waals surface area contributed by atoms with Crippen LogP contribution in [0, 0.1) is 11.7 Å². The van der Waals surface area contributed by atoms with E-state index < -0.39 is 17.7 Å². The highest BCUT2D eigenvalue weighted by Crippen LogP contribution is 2.48. The minimum absolute atomic E-state index is 0.297. The van der Waals surface area contributed by atoms with Crippen molar-refractivity contribution >= 4 is 11.6 Å². The maximum atomic E-state index is 14.1. The molecule has 0 amide bonds. The number of carbonyl (C=O) groups excluding carboxylic acids is 2. The van der Waals surface area contributed by atoms with Gasteiger partial charge in [-0.2, -0.15) is 0 Å². The average molecular weight is 390 g/mol. The number of ether oxygens (including phenoxy) is 2. The van der Waals surface area contributed by atoms with E-state index in [2.05, 4.69) is 0 Å². The second kappa shape index (κ2) is 7.51. The molecule has 4 rings (SSSR count). The van der Waals surface area contributed by atoms with Gasteiger partial charge in [-0.15, -0.1) is 0 Å². The third-order valence-corrected chi connectivity index (χ3v) is 5.19. The lowest BCUT2D eigenvalue weighted by Crippen LogP contribution is -2.31. The Labute approximate surface area is 167 Å². The van der Waals surface area contributed by atoms with Crippen LogP contribution in [0.5, 0.6) is 17.2 Å². The summed E-state index contributed by atoms with van der Waals surface area (Å²) in [4.78, 5) is 26.2. The number of fused-ring (bicyclic) bond motifs is 2. The third kappa shape index (κ3) is 3.40. The second-order valence-electron chi connectivity index (χ2n) is 6.98. The minimum Gasteiger partial charge on any atom is -0.497 e. The zero-order chi connectivity index (χ0) is 20.5. The Kier molecular flexibility index (Phi) is 4.89. The van der Waals surface area contributed by atoms with E-state index in [-0.39, 0.29) is 11.6 Å². The van der Waals surface area contributed by atoms with Crippen molar-refractivity contribution in [3.63, 3.8) is 0 Å². The Morgan fingerprint density at radius 1 is 0.966 bits per heavy atom. The molecule has 0 spiro atoms. The number of methoxy groups -OCH3 is 1. The van der Waals surface area contributed by atoms with Crippen LogP contribution in [-0.2, 0) is 4.79 Å². The number of hydrogen-bond donors (Lipinski definition) is 0. The lowest BCUT2D eigenvalue weighted by molar-refractivity contribution is -0.119. The van der Waals surface area contributed by atoms with E-state index in [0.29, 0.717) is 33.9 Å². The van der Waals surface area contributed by atoms with E-state index >= 15 is 0 Å². The van der Waals surface area contributed by atoms with Crippen molar-refractivity contribution in [2.75, 3.05) is 7.11 Å². The summed E-state index contributed by atoms with van der Waals surface area (Å²) in [6.45, 7) is 1.39. The predicted molar refractivity (Wildman–Crippen MR) is 106 cm³/mol. The molecule has 0 aliphatic carbocycles. The van der Waals surface area contributed by atoms with E-state index in [1.807, 2.05) is 18.2 Å². The van der Waals surface area contributed by atoms with Gasteiger partial charge in [0, 0.05) is 22.6 Å². The molecule has 0 bridgehead atoms. The first-order valence-corrected chi connectivity index (χ1v) is 9.24. The molecule has 0 saturated carbocycles. The normalized spacial score (nSPS) is 15.5. The van der Waals surface area contributed by atoms with Gasteiger partial charge >= 0.3 is 0 Å². The maximum Gasteiger partial charge on any atom is 0.174 e. The zero-order valence-corrected chi connectivity index (χ0v) is 16.0. The largest absolute Gasteiger partial charge is 0.497 e. The smallest absolute Gasteiger partial charge is 0.174 e. The molecule has 0 saturated heterocycles. The highest BCUT2D eigenvalue weighted by molar-refractivity contribution is 6.11. The van der Waals surface area contributed by atoms with Gasteiger partial charge in [-0.05, 0) is 43.3 Å². The van der Waals surface area contributed by atoms with Crippen LogP contribution in [0.3, 0.4) is 0 Å². The molecule has 2 atom stereocenters. The molecule has 5 heteroatoms. The molecule has 1 heterocycles. The quantitative estimate of drug-likeness (QED) is 0.446. The number of para-hydroxylation sites is 1. The van der Waals surface area contributed by atoms with Gasteiger partial charge in [0.05, 0.1) is 13.0 Å². The number of ketones is 2. The van der Waals surface area contributed by atoms with E-state index in [0.717, 1.165) is 0 Å². The van der Waals surface area contributed by atoms with Crippen LogP contribution in [0.1, 0.15) is 34.3 Å². The number of benzene rings is 3. The molecule has 3 aromatic rings. The molecule has 4 nitrogen and oxygen atoms in total. The first kappa shape index (κ1) is 18.9. The zero-order valence-electron chi connectivity index (χ0n) is 16.0. The molecule has 3 aromatic carbocycles. The fraction of sp³-hybridized carbons (Fsp3) is 0.167. The standard InChI is InChI=1S/C24H19FO4/c1-14(26)22(24(27)15-6-5-7-17(12-15)28-2)23-18-8-3-4-9-20(18)29-21-11-10-16(25)13-19(21)23/h3-13,22-23H,1-2H3/t22-,23+/m0/s1. The molecule has 0 fully saturated rings. The van der Waals surface area contributed by atoms with Crippen LogP contribution in [0.4, 0.5) is 4.39 Å². The van der Waals surface area contributed by atoms with E-state index in [1.165, 1.54) is 32.2 Å². The molecule has 0 unspecified atom stereocenters. The van der Waals surface area contributed by atoms with Gasteiger partial charge < -0.3 is 9.47 Å². The van der Waals surface area contributed by atoms with E-state index in [9.17, 15) is 14.0 Å². The molecular formula is C24H19FO4. The lowest BCUT2D eigenvalue weighted by atomic mass is 9.74. The van der Waals surface area contributed by atoms with Gasteiger partial charge in [0.25, 0.3) is 0 Å². The molecule has 0 aromatic heterocycles. The van der Waals surface area contributed by atoms with Crippen molar-refractivity contribution in [2.24, 2.45) is 5.92 Å². The first-order valence-electron chi connectivity index (χ1n) is 9.24. The van der Waals surface area contributed by atoms with Crippen LogP contribution < -0.4 is 9.47 Å². The van der Waals surface area contributed by atoms with Crippen molar-refractivity contribution in [3.8, 4) is 17.2 Å². The molecule has 146 valence electrons. The predicted octanol–water partition coefficient (Wildman–Crippen LogP) is 5.16. The second-order valence-corrected chi connectivity index (χ2v) is 6.98. The van der Waals surface area contributed by atoms with Crippen LogP contribution in [0.2, 0.25) is 0 Å². The summed E-state index contributed by atoms with van der Waals surface area (Å²) in [6.07, 6.45) is 0. The number of Topliss-reactive ketones (excluding diaryl/α,β-unsaturated/α-hetero) is 2. The van der Waals surface area contributed by atoms with Gasteiger partial charge in [0.1, 0.15) is 28.8 Å². The topological polar surface area (TPSA) is 52.6 Å². The lowest BCUT2D eigenvalue weighted by Gasteiger charge is -2.32. The summed E-state index contributed by atoms with van der Waals surface area (Å²) in [6, 6.07) is 18.1. The summed E-state index contributed by atoms with van der Waals surface area (Å²) < 4.78 is 25.2. The van der Waals surface area contributed by atoms with Gasteiger partial charge in [-0.25, -0.2) is 4.39 Å². The van der Waals surface area contributed by atoms with Gasteiger partial charge in [0.2, 0.25) is 0 Å². The minimum atomic E-state index is -1.02. The summed E-state index contributed by atoms with van der Waals surface area (Å²) >= 11 is 0. The van der Waals surface area contributed by atoms with Gasteiger partial charge in [0.15, 0.2) is 5.78 Å². The Morgan fingerprint density at radius 3 is 2.48 bits per heavy atom. The van der Waals surface area contributed by atoms with Crippen LogP contribution in [0.25, 0.3) is 0 Å². The fourth-order valence-corrected chi connectivity index (χ4v) is 3.86. The highest BCUT2D eigenvalue weighted by Gasteiger charge is 2.40. The Bertz CT molecular complexity index is 1110. The van der Waals surface area contributed by atoms with Gasteiger partial charge in [-0.1, -0.05) is 30.3 Å². The number of halogens is 1. The van der Waals surface area contributed by atoms with E-state index in [4.69, 9.17) is 9.47 Å². The average Bonchev–Trinajstić information content (AvgIpc) is 2.73. The van der Waals surface area contributed by atoms with Crippen LogP contribution >= 0.6 is 0 Å². The van der Waals surface area contributed by atoms with Crippen molar-refractivity contribution in [2.45, 2.75) is 12.8 Å². The summed E-state index contributed by atoms with van der Waals surface area (Å²) in [7, 11) is 1.51. The molecule has 29 heavy (non-hydrogen) atoms. The van der Waals surface area contributed by atoms with Crippen LogP contribution in [-0.4, -0.2) is 18.7 Å². The van der Waals surface area contributed by atoms with E-state index in [1.54, 1.807) is 30.3 Å². The van der Waals surface area contributed by atoms with Crippen LogP contribution in [0.15, 0.2) is 66.7 Å². The highest BCUT2D eigenvalue weighted by atomic mass is 19.1. The van der Waals surface area contributed by atoms with Crippen molar-refractivity contribution in [3.05, 3.63) is 89.2 Å². The maximum absolute atomic E-state index is 14.1. The SMILES string of the molecule is COc1cccc(C(=O)[C@@H](C(C)=O)[C@@H]2c3ccccc3Oc3ccc(F)cc32)c1. The summed E-state index contributed by atoms with van der Waals surface area (Å²) in [5.41, 5.74) is 1.54. The van der Waals surface area contributed by atoms with Crippen molar-refractivity contribution in [1.82, 2.24) is 0 Å². The summed E-state index contributed by atoms with van der Waals surface area (Å²) in [5, 5.41) is 0. The number of rotatable bonds is 5. The Balaban J connectivity index is 1.89. The first-order chi connectivity index (χ1) is 14.0. The van der Waals surface area contributed by atoms with Crippen molar-refractivity contribution < 1.29 is 23.5 Å². The monoisotopic (exact) mass is 390 g/mol. The molecule has 1 aliphatic rings. The molecule has 0 N–H and O–H groups in total. The molecule has 1 aliphatic heterocycles. The van der Waals surface area contributed by atoms with Crippen molar-refractivity contribution in [1.29, 1.82) is 0 Å². The molecule has 0 radical (unpaired) electrons. The Morgan fingerprint density at radius 2 is 1.72 bits per heavy atom. The molecular weight excluding hydrogens is 371 g/mol. The summed E-state index contributed by atoms with van der Waals surface area (Å²) in [5.74, 6) is -1.23. The number of hydrogen-bond acceptors (Lipinski definition) is 4. The fourth-order valence-electron chi connectivity index (χ4n) is 3.86. The van der Waals surface area contributed by atoms with Gasteiger partial charge in [-0.3, -0.25) is 9.59 Å². The Hall–Kier alpha value is -3.47.